The molecule has 0 aromatic heterocycles. The van der Waals surface area contributed by atoms with Gasteiger partial charge in [-0.2, -0.15) is 5.10 Å². The smallest absolute Gasteiger partial charge is 0.172 e. The van der Waals surface area contributed by atoms with Gasteiger partial charge in [0.05, 0.1) is 12.8 Å². The van der Waals surface area contributed by atoms with Gasteiger partial charge in [-0.3, -0.25) is 9.80 Å². The molecule has 0 spiro atoms. The highest BCUT2D eigenvalue weighted by atomic mass is 16.1. The van der Waals surface area contributed by atoms with Crippen LogP contribution in [0.15, 0.2) is 35.4 Å². The Morgan fingerprint density at radius 1 is 1.43 bits per heavy atom. The van der Waals surface area contributed by atoms with Gasteiger partial charge in [0.2, 0.25) is 0 Å². The van der Waals surface area contributed by atoms with Gasteiger partial charge in [0, 0.05) is 14.0 Å². The third-order valence-corrected chi connectivity index (χ3v) is 1.69. The van der Waals surface area contributed by atoms with Crippen LogP contribution >= 0.6 is 0 Å². The second kappa shape index (κ2) is 5.17. The molecule has 0 aliphatic rings. The molecule has 3 heteroatoms. The number of carbonyl (C=O) groups excluding carboxylic acids is 1. The molecule has 0 atom stereocenters. The van der Waals surface area contributed by atoms with Crippen LogP contribution in [-0.4, -0.2) is 24.1 Å². The number of rotatable bonds is 4. The normalized spacial score (nSPS) is 10.4. The Labute approximate surface area is 84.0 Å². The first-order valence-electron chi connectivity index (χ1n) is 4.48. The topological polar surface area (TPSA) is 32.7 Å². The lowest BCUT2D eigenvalue weighted by Gasteiger charge is -2.11. The van der Waals surface area contributed by atoms with Crippen molar-refractivity contribution in [3.63, 3.8) is 0 Å². The fraction of sp³-hybridized carbons (Fsp3) is 0.273. The molecule has 0 heterocycles. The van der Waals surface area contributed by atoms with Gasteiger partial charge in [0.25, 0.3) is 0 Å². The van der Waals surface area contributed by atoms with Crippen molar-refractivity contribution in [3.8, 4) is 0 Å². The molecule has 14 heavy (non-hydrogen) atoms. The summed E-state index contributed by atoms with van der Waals surface area (Å²) in [4.78, 5) is 10.6. The average molecular weight is 190 g/mol. The fourth-order valence-corrected chi connectivity index (χ4v) is 1.07. The van der Waals surface area contributed by atoms with Gasteiger partial charge in [-0.15, -0.1) is 0 Å². The van der Waals surface area contributed by atoms with Gasteiger partial charge < -0.3 is 0 Å². The molecule has 74 valence electrons. The maximum atomic E-state index is 10.6. The molecule has 0 saturated heterocycles. The Morgan fingerprint density at radius 2 is 2.07 bits per heavy atom. The molecule has 3 nitrogen and oxygen atoms in total. The van der Waals surface area contributed by atoms with E-state index >= 15 is 0 Å². The number of hydrogen-bond donors (Lipinski definition) is 0. The van der Waals surface area contributed by atoms with E-state index in [-0.39, 0.29) is 5.78 Å². The summed E-state index contributed by atoms with van der Waals surface area (Å²) in [7, 11) is 1.84. The summed E-state index contributed by atoms with van der Waals surface area (Å²) in [5, 5.41) is 5.71. The number of nitrogens with zero attached hydrogens (tertiary/aromatic N) is 2. The zero-order valence-corrected chi connectivity index (χ0v) is 8.47. The molecular weight excluding hydrogens is 176 g/mol. The van der Waals surface area contributed by atoms with Gasteiger partial charge in [-0.25, -0.2) is 0 Å². The summed E-state index contributed by atoms with van der Waals surface area (Å²) in [5.41, 5.74) is 1.18. The van der Waals surface area contributed by atoms with Crippen LogP contribution in [0.4, 0.5) is 0 Å². The zero-order chi connectivity index (χ0) is 10.4. The summed E-state index contributed by atoms with van der Waals surface area (Å²) >= 11 is 0. The zero-order valence-electron chi connectivity index (χ0n) is 8.47. The van der Waals surface area contributed by atoms with Crippen molar-refractivity contribution in [1.82, 2.24) is 5.01 Å². The van der Waals surface area contributed by atoms with Crippen LogP contribution in [0.2, 0.25) is 0 Å². The molecule has 0 bridgehead atoms. The van der Waals surface area contributed by atoms with Gasteiger partial charge in [-0.1, -0.05) is 30.3 Å². The van der Waals surface area contributed by atoms with Crippen molar-refractivity contribution < 1.29 is 4.79 Å². The molecule has 0 N–H and O–H groups in total. The molecule has 0 unspecified atom stereocenters. The summed E-state index contributed by atoms with van der Waals surface area (Å²) < 4.78 is 0. The number of Topliss-reactive ketones (excluding diaryl/α,β-unsaturated/α-hetero) is 1. The maximum absolute atomic E-state index is 10.6. The van der Waals surface area contributed by atoms with Crippen molar-refractivity contribution in [3.05, 3.63) is 35.9 Å². The van der Waals surface area contributed by atoms with Gasteiger partial charge in [-0.05, 0) is 5.56 Å². The summed E-state index contributed by atoms with van der Waals surface area (Å²) in [6.07, 6.45) is 1.32. The number of hydrogen-bond acceptors (Lipinski definition) is 3. The van der Waals surface area contributed by atoms with Crippen LogP contribution in [0.1, 0.15) is 12.5 Å². The van der Waals surface area contributed by atoms with E-state index in [9.17, 15) is 4.79 Å². The van der Waals surface area contributed by atoms with Crippen molar-refractivity contribution in [2.75, 3.05) is 7.05 Å². The number of hydrazone groups is 1. The molecular formula is C11H14N2O. The minimum atomic E-state index is -0.0371. The lowest BCUT2D eigenvalue weighted by molar-refractivity contribution is -0.110. The van der Waals surface area contributed by atoms with E-state index in [1.807, 2.05) is 37.4 Å². The van der Waals surface area contributed by atoms with Crippen LogP contribution in [0.5, 0.6) is 0 Å². The van der Waals surface area contributed by atoms with Crippen LogP contribution in [0.3, 0.4) is 0 Å². The van der Waals surface area contributed by atoms with Crippen LogP contribution in [-0.2, 0) is 11.3 Å². The van der Waals surface area contributed by atoms with E-state index in [1.54, 1.807) is 5.01 Å². The summed E-state index contributed by atoms with van der Waals surface area (Å²) in [6.45, 7) is 2.20. The van der Waals surface area contributed by atoms with Gasteiger partial charge in [0.15, 0.2) is 5.78 Å². The van der Waals surface area contributed by atoms with E-state index in [2.05, 4.69) is 5.10 Å². The second-order valence-corrected chi connectivity index (χ2v) is 3.16. The summed E-state index contributed by atoms with van der Waals surface area (Å²) in [6, 6.07) is 10.00. The predicted molar refractivity (Wildman–Crippen MR) is 57.1 cm³/mol. The molecule has 0 aliphatic carbocycles. The van der Waals surface area contributed by atoms with Crippen molar-refractivity contribution in [1.29, 1.82) is 0 Å². The lowest BCUT2D eigenvalue weighted by atomic mass is 10.2. The van der Waals surface area contributed by atoms with Gasteiger partial charge in [0.1, 0.15) is 0 Å². The number of ketones is 1. The Hall–Kier alpha value is -1.64. The first-order chi connectivity index (χ1) is 6.68. The number of benzene rings is 1. The Balaban J connectivity index is 2.49. The van der Waals surface area contributed by atoms with Crippen LogP contribution in [0, 0.1) is 0 Å². The Kier molecular flexibility index (Phi) is 3.85. The highest BCUT2D eigenvalue weighted by Crippen LogP contribution is 2.01. The van der Waals surface area contributed by atoms with E-state index in [0.717, 1.165) is 0 Å². The van der Waals surface area contributed by atoms with E-state index in [1.165, 1.54) is 18.7 Å². The van der Waals surface area contributed by atoms with Gasteiger partial charge >= 0.3 is 0 Å². The Bertz CT molecular complexity index is 319. The molecule has 0 fully saturated rings. The van der Waals surface area contributed by atoms with E-state index in [0.29, 0.717) is 6.54 Å². The highest BCUT2D eigenvalue weighted by molar-refractivity contribution is 6.26. The van der Waals surface area contributed by atoms with Crippen molar-refractivity contribution in [2.24, 2.45) is 5.10 Å². The average Bonchev–Trinajstić information content (AvgIpc) is 2.16. The van der Waals surface area contributed by atoms with E-state index in [4.69, 9.17) is 0 Å². The monoisotopic (exact) mass is 190 g/mol. The van der Waals surface area contributed by atoms with Crippen LogP contribution < -0.4 is 0 Å². The van der Waals surface area contributed by atoms with Crippen LogP contribution in [0.25, 0.3) is 0 Å². The molecule has 1 aromatic rings. The van der Waals surface area contributed by atoms with Crippen molar-refractivity contribution >= 4 is 12.0 Å². The van der Waals surface area contributed by atoms with Crippen molar-refractivity contribution in [2.45, 2.75) is 13.5 Å². The lowest BCUT2D eigenvalue weighted by Crippen LogP contribution is -2.11. The standard InChI is InChI=1S/C11H14N2O/c1-10(14)8-12-13(2)9-11-6-4-3-5-7-11/h3-8H,9H2,1-2H3. The van der Waals surface area contributed by atoms with E-state index < -0.39 is 0 Å². The third kappa shape index (κ3) is 3.85. The molecule has 0 aliphatic heterocycles. The largest absolute Gasteiger partial charge is 0.296 e. The highest BCUT2D eigenvalue weighted by Gasteiger charge is 1.94. The minimum Gasteiger partial charge on any atom is -0.296 e. The SMILES string of the molecule is CC(=O)C=NN(C)Cc1ccccc1. The third-order valence-electron chi connectivity index (χ3n) is 1.69. The maximum Gasteiger partial charge on any atom is 0.172 e. The molecule has 0 saturated carbocycles. The quantitative estimate of drug-likeness (QED) is 0.534. The molecule has 1 rings (SSSR count). The molecule has 0 radical (unpaired) electrons. The second-order valence-electron chi connectivity index (χ2n) is 3.16. The minimum absolute atomic E-state index is 0.0371. The first kappa shape index (κ1) is 10.4. The fourth-order valence-electron chi connectivity index (χ4n) is 1.07. The number of carbonyl (C=O) groups is 1. The predicted octanol–water partition coefficient (Wildman–Crippen LogP) is 1.69. The Morgan fingerprint density at radius 3 is 2.64 bits per heavy atom. The first-order valence-corrected chi connectivity index (χ1v) is 4.48. The summed E-state index contributed by atoms with van der Waals surface area (Å²) in [5.74, 6) is -0.0371. The molecule has 1 aromatic carbocycles. The molecule has 0 amide bonds.